The average Bonchev–Trinajstić information content (AvgIpc) is 2.79. The van der Waals surface area contributed by atoms with Gasteiger partial charge in [-0.15, -0.1) is 0 Å². The van der Waals surface area contributed by atoms with Gasteiger partial charge in [0, 0.05) is 25.7 Å². The predicted molar refractivity (Wildman–Crippen MR) is 115 cm³/mol. The fourth-order valence-electron chi connectivity index (χ4n) is 3.58. The second kappa shape index (κ2) is 10.7. The number of morpholine rings is 1. The van der Waals surface area contributed by atoms with Crippen LogP contribution in [-0.2, 0) is 26.0 Å². The van der Waals surface area contributed by atoms with Gasteiger partial charge in [-0.05, 0) is 29.7 Å². The molecule has 8 heteroatoms. The summed E-state index contributed by atoms with van der Waals surface area (Å²) in [5.74, 6) is -0.434. The molecule has 2 aromatic rings. The molecule has 0 spiro atoms. The SMILES string of the molecule is COC(=O)c1cccc(CNS(=O)(=O)CCC(c2ccccc2)N2CCOCC2)c1. The molecule has 30 heavy (non-hydrogen) atoms. The average molecular weight is 433 g/mol. The van der Waals surface area contributed by atoms with E-state index in [0.717, 1.165) is 18.7 Å². The maximum atomic E-state index is 12.7. The van der Waals surface area contributed by atoms with Crippen molar-refractivity contribution < 1.29 is 22.7 Å². The lowest BCUT2D eigenvalue weighted by molar-refractivity contribution is 0.0154. The molecule has 0 saturated carbocycles. The summed E-state index contributed by atoms with van der Waals surface area (Å²) in [5, 5.41) is 0. The number of benzene rings is 2. The molecule has 0 radical (unpaired) electrons. The highest BCUT2D eigenvalue weighted by Crippen LogP contribution is 2.25. The summed E-state index contributed by atoms with van der Waals surface area (Å²) < 4.78 is 38.1. The summed E-state index contributed by atoms with van der Waals surface area (Å²) in [6, 6.07) is 16.8. The Morgan fingerprint density at radius 2 is 1.87 bits per heavy atom. The van der Waals surface area contributed by atoms with Crippen molar-refractivity contribution >= 4 is 16.0 Å². The fraction of sp³-hybridized carbons (Fsp3) is 0.409. The van der Waals surface area contributed by atoms with Crippen molar-refractivity contribution in [1.82, 2.24) is 9.62 Å². The molecule has 1 N–H and O–H groups in total. The van der Waals surface area contributed by atoms with Crippen LogP contribution in [0.3, 0.4) is 0 Å². The fourth-order valence-corrected chi connectivity index (χ4v) is 4.65. The maximum Gasteiger partial charge on any atom is 0.337 e. The Morgan fingerprint density at radius 1 is 1.13 bits per heavy atom. The van der Waals surface area contributed by atoms with Crippen LogP contribution >= 0.6 is 0 Å². The summed E-state index contributed by atoms with van der Waals surface area (Å²) >= 11 is 0. The van der Waals surface area contributed by atoms with E-state index in [2.05, 4.69) is 9.62 Å². The molecule has 0 amide bonds. The van der Waals surface area contributed by atoms with Gasteiger partial charge in [-0.1, -0.05) is 42.5 Å². The van der Waals surface area contributed by atoms with Crippen molar-refractivity contribution in [2.45, 2.75) is 19.0 Å². The highest BCUT2D eigenvalue weighted by molar-refractivity contribution is 7.89. The molecule has 1 aliphatic heterocycles. The standard InChI is InChI=1S/C22H28N2O5S/c1-28-22(25)20-9-5-6-18(16-20)17-23-30(26,27)15-10-21(19-7-3-2-4-8-19)24-11-13-29-14-12-24/h2-9,16,21,23H,10-15,17H2,1H3. The quantitative estimate of drug-likeness (QED) is 0.613. The zero-order chi connectivity index (χ0) is 21.4. The first-order valence-corrected chi connectivity index (χ1v) is 11.6. The molecule has 1 unspecified atom stereocenters. The maximum absolute atomic E-state index is 12.7. The zero-order valence-corrected chi connectivity index (χ0v) is 17.9. The molecular formula is C22H28N2O5S. The van der Waals surface area contributed by atoms with Crippen molar-refractivity contribution in [3.05, 3.63) is 71.3 Å². The van der Waals surface area contributed by atoms with Gasteiger partial charge in [0.25, 0.3) is 0 Å². The lowest BCUT2D eigenvalue weighted by Gasteiger charge is -2.34. The van der Waals surface area contributed by atoms with Gasteiger partial charge in [0.05, 0.1) is 31.6 Å². The number of ether oxygens (including phenoxy) is 2. The van der Waals surface area contributed by atoms with Crippen LogP contribution in [0.25, 0.3) is 0 Å². The summed E-state index contributed by atoms with van der Waals surface area (Å²) in [5.41, 5.74) is 2.21. The van der Waals surface area contributed by atoms with Crippen LogP contribution in [0.5, 0.6) is 0 Å². The van der Waals surface area contributed by atoms with Gasteiger partial charge in [-0.3, -0.25) is 4.90 Å². The van der Waals surface area contributed by atoms with Crippen LogP contribution in [0, 0.1) is 0 Å². The minimum absolute atomic E-state index is 0.0145. The Labute approximate surface area is 178 Å². The number of hydrogen-bond acceptors (Lipinski definition) is 6. The van der Waals surface area contributed by atoms with Gasteiger partial charge in [0.1, 0.15) is 0 Å². The molecule has 1 atom stereocenters. The van der Waals surface area contributed by atoms with Gasteiger partial charge in [-0.25, -0.2) is 17.9 Å². The van der Waals surface area contributed by atoms with E-state index < -0.39 is 16.0 Å². The molecule has 1 fully saturated rings. The largest absolute Gasteiger partial charge is 0.465 e. The normalized spacial score (nSPS) is 16.2. The number of sulfonamides is 1. The Kier molecular flexibility index (Phi) is 7.98. The smallest absolute Gasteiger partial charge is 0.337 e. The molecular weight excluding hydrogens is 404 g/mol. The Bertz CT molecular complexity index is 928. The van der Waals surface area contributed by atoms with Crippen molar-refractivity contribution in [3.63, 3.8) is 0 Å². The first kappa shape index (κ1) is 22.4. The Hall–Kier alpha value is -2.26. The number of carbonyl (C=O) groups excluding carboxylic acids is 1. The number of rotatable bonds is 9. The van der Waals surface area contributed by atoms with E-state index in [0.29, 0.717) is 30.8 Å². The number of nitrogens with one attached hydrogen (secondary N) is 1. The Balaban J connectivity index is 1.62. The topological polar surface area (TPSA) is 84.9 Å². The molecule has 1 saturated heterocycles. The number of carbonyl (C=O) groups is 1. The minimum Gasteiger partial charge on any atom is -0.465 e. The van der Waals surface area contributed by atoms with E-state index in [1.807, 2.05) is 30.3 Å². The van der Waals surface area contributed by atoms with E-state index in [-0.39, 0.29) is 18.3 Å². The van der Waals surface area contributed by atoms with Crippen molar-refractivity contribution in [3.8, 4) is 0 Å². The molecule has 1 aliphatic rings. The van der Waals surface area contributed by atoms with Crippen LogP contribution in [-0.4, -0.2) is 58.5 Å². The van der Waals surface area contributed by atoms with Gasteiger partial charge in [0.2, 0.25) is 10.0 Å². The molecule has 0 aromatic heterocycles. The lowest BCUT2D eigenvalue weighted by Crippen LogP contribution is -2.40. The third-order valence-corrected chi connectivity index (χ3v) is 6.53. The van der Waals surface area contributed by atoms with Gasteiger partial charge in [-0.2, -0.15) is 0 Å². The monoisotopic (exact) mass is 432 g/mol. The number of esters is 1. The summed E-state index contributed by atoms with van der Waals surface area (Å²) in [6.45, 7) is 3.01. The summed E-state index contributed by atoms with van der Waals surface area (Å²) in [4.78, 5) is 13.9. The predicted octanol–water partition coefficient (Wildman–Crippen LogP) is 2.36. The van der Waals surface area contributed by atoms with Gasteiger partial charge in [0.15, 0.2) is 0 Å². The third kappa shape index (κ3) is 6.37. The van der Waals surface area contributed by atoms with Crippen LogP contribution in [0.4, 0.5) is 0 Å². The summed E-state index contributed by atoms with van der Waals surface area (Å²) in [7, 11) is -2.17. The number of nitrogens with zero attached hydrogens (tertiary/aromatic N) is 1. The summed E-state index contributed by atoms with van der Waals surface area (Å²) in [6.07, 6.45) is 0.488. The van der Waals surface area contributed by atoms with Crippen LogP contribution in [0.1, 0.15) is 33.9 Å². The molecule has 0 aliphatic carbocycles. The van der Waals surface area contributed by atoms with Crippen molar-refractivity contribution in [1.29, 1.82) is 0 Å². The second-order valence-electron chi connectivity index (χ2n) is 7.20. The molecule has 2 aromatic carbocycles. The molecule has 0 bridgehead atoms. The number of hydrogen-bond donors (Lipinski definition) is 1. The van der Waals surface area contributed by atoms with Gasteiger partial charge >= 0.3 is 5.97 Å². The van der Waals surface area contributed by atoms with Crippen molar-refractivity contribution in [2.75, 3.05) is 39.2 Å². The second-order valence-corrected chi connectivity index (χ2v) is 9.12. The first-order valence-electron chi connectivity index (χ1n) is 10.00. The van der Waals surface area contributed by atoms with Gasteiger partial charge < -0.3 is 9.47 Å². The number of methoxy groups -OCH3 is 1. The van der Waals surface area contributed by atoms with E-state index in [1.165, 1.54) is 7.11 Å². The van der Waals surface area contributed by atoms with E-state index >= 15 is 0 Å². The van der Waals surface area contributed by atoms with E-state index in [1.54, 1.807) is 24.3 Å². The zero-order valence-electron chi connectivity index (χ0n) is 17.1. The van der Waals surface area contributed by atoms with E-state index in [9.17, 15) is 13.2 Å². The molecule has 3 rings (SSSR count). The Morgan fingerprint density at radius 3 is 2.57 bits per heavy atom. The highest BCUT2D eigenvalue weighted by atomic mass is 32.2. The first-order chi connectivity index (χ1) is 14.5. The minimum atomic E-state index is -3.48. The molecule has 162 valence electrons. The lowest BCUT2D eigenvalue weighted by atomic mass is 10.0. The highest BCUT2D eigenvalue weighted by Gasteiger charge is 2.24. The molecule has 1 heterocycles. The van der Waals surface area contributed by atoms with Crippen LogP contribution < -0.4 is 4.72 Å². The van der Waals surface area contributed by atoms with E-state index in [4.69, 9.17) is 9.47 Å². The van der Waals surface area contributed by atoms with Crippen molar-refractivity contribution in [2.24, 2.45) is 0 Å². The van der Waals surface area contributed by atoms with Crippen LogP contribution in [0.2, 0.25) is 0 Å². The third-order valence-electron chi connectivity index (χ3n) is 5.18. The molecule has 7 nitrogen and oxygen atoms in total. The van der Waals surface area contributed by atoms with Crippen LogP contribution in [0.15, 0.2) is 54.6 Å².